The number of primary amides is 1. The summed E-state index contributed by atoms with van der Waals surface area (Å²) in [6, 6.07) is 5.75. The van der Waals surface area contributed by atoms with E-state index in [9.17, 15) is 14.0 Å². The SMILES string of the molecule is CCn1c(COc2ccc(F)cc2)nnc1SCC(=O)Nc1sc2c(c1C(N)=O)CCC(C)C2. The highest BCUT2D eigenvalue weighted by Crippen LogP contribution is 2.39. The lowest BCUT2D eigenvalue weighted by atomic mass is 9.88. The maximum absolute atomic E-state index is 13.1. The van der Waals surface area contributed by atoms with Crippen LogP contribution in [-0.4, -0.2) is 32.3 Å². The van der Waals surface area contributed by atoms with E-state index >= 15 is 0 Å². The molecule has 3 N–H and O–H groups in total. The van der Waals surface area contributed by atoms with Gasteiger partial charge in [-0.05, 0) is 61.9 Å². The molecule has 11 heteroatoms. The molecule has 180 valence electrons. The van der Waals surface area contributed by atoms with Crippen LogP contribution in [0, 0.1) is 11.7 Å². The fourth-order valence-electron chi connectivity index (χ4n) is 3.92. The lowest BCUT2D eigenvalue weighted by Crippen LogP contribution is -2.20. The normalized spacial score (nSPS) is 15.1. The topological polar surface area (TPSA) is 112 Å². The second-order valence-corrected chi connectivity index (χ2v) is 10.2. The number of ether oxygens (including phenoxy) is 1. The number of amides is 2. The molecule has 1 aromatic carbocycles. The monoisotopic (exact) mass is 503 g/mol. The smallest absolute Gasteiger partial charge is 0.251 e. The Morgan fingerprint density at radius 2 is 2.09 bits per heavy atom. The molecule has 0 saturated heterocycles. The second kappa shape index (κ2) is 10.6. The molecule has 0 aliphatic heterocycles. The molecule has 8 nitrogen and oxygen atoms in total. The first kappa shape index (κ1) is 24.2. The van der Waals surface area contributed by atoms with E-state index < -0.39 is 5.91 Å². The summed E-state index contributed by atoms with van der Waals surface area (Å²) in [6.07, 6.45) is 2.71. The average molecular weight is 504 g/mol. The molecular weight excluding hydrogens is 477 g/mol. The van der Waals surface area contributed by atoms with Crippen molar-refractivity contribution in [3.8, 4) is 5.75 Å². The van der Waals surface area contributed by atoms with E-state index in [0.29, 0.717) is 39.8 Å². The number of carbonyl (C=O) groups is 2. The number of nitrogens with one attached hydrogen (secondary N) is 1. The molecule has 2 amide bonds. The minimum absolute atomic E-state index is 0.105. The molecule has 0 radical (unpaired) electrons. The van der Waals surface area contributed by atoms with Crippen molar-refractivity contribution in [2.75, 3.05) is 11.1 Å². The van der Waals surface area contributed by atoms with Crippen molar-refractivity contribution in [1.82, 2.24) is 14.8 Å². The molecule has 1 unspecified atom stereocenters. The summed E-state index contributed by atoms with van der Waals surface area (Å²) >= 11 is 2.70. The molecule has 0 bridgehead atoms. The average Bonchev–Trinajstić information content (AvgIpc) is 3.36. The number of benzene rings is 1. The van der Waals surface area contributed by atoms with Gasteiger partial charge in [0.1, 0.15) is 23.2 Å². The van der Waals surface area contributed by atoms with Crippen molar-refractivity contribution in [2.24, 2.45) is 11.7 Å². The third-order valence-electron chi connectivity index (χ3n) is 5.63. The molecule has 1 aliphatic carbocycles. The summed E-state index contributed by atoms with van der Waals surface area (Å²) in [5.74, 6) is 0.702. The highest BCUT2D eigenvalue weighted by Gasteiger charge is 2.27. The zero-order valence-corrected chi connectivity index (χ0v) is 20.6. The van der Waals surface area contributed by atoms with Crippen LogP contribution in [0.5, 0.6) is 5.75 Å². The first-order chi connectivity index (χ1) is 16.4. The molecule has 3 aromatic rings. The van der Waals surface area contributed by atoms with Gasteiger partial charge in [0, 0.05) is 11.4 Å². The Balaban J connectivity index is 1.39. The Bertz CT molecular complexity index is 1190. The number of halogens is 1. The van der Waals surface area contributed by atoms with Crippen LogP contribution in [0.25, 0.3) is 0 Å². The zero-order chi connectivity index (χ0) is 24.2. The summed E-state index contributed by atoms with van der Waals surface area (Å²) in [5, 5.41) is 12.3. The number of hydrogen-bond donors (Lipinski definition) is 2. The number of rotatable bonds is 9. The van der Waals surface area contributed by atoms with Gasteiger partial charge < -0.3 is 20.4 Å². The van der Waals surface area contributed by atoms with Gasteiger partial charge in [-0.2, -0.15) is 0 Å². The molecule has 4 rings (SSSR count). The number of fused-ring (bicyclic) bond motifs is 1. The summed E-state index contributed by atoms with van der Waals surface area (Å²) in [7, 11) is 0. The standard InChI is InChI=1S/C23H26FN5O3S2/c1-3-29-18(11-32-15-7-5-14(24)6-8-15)27-28-23(29)33-12-19(30)26-22-20(21(25)31)16-9-4-13(2)10-17(16)34-22/h5-8,13H,3-4,9-12H2,1-2H3,(H2,25,31)(H,26,30). The van der Waals surface area contributed by atoms with E-state index in [0.717, 1.165) is 29.7 Å². The van der Waals surface area contributed by atoms with Crippen LogP contribution < -0.4 is 15.8 Å². The third kappa shape index (κ3) is 5.41. The maximum atomic E-state index is 13.1. The van der Waals surface area contributed by atoms with Gasteiger partial charge >= 0.3 is 0 Å². The molecule has 2 aromatic heterocycles. The number of nitrogens with zero attached hydrogens (tertiary/aromatic N) is 3. The predicted octanol–water partition coefficient (Wildman–Crippen LogP) is 4.03. The minimum atomic E-state index is -0.508. The van der Waals surface area contributed by atoms with Crippen molar-refractivity contribution < 1.29 is 18.7 Å². The summed E-state index contributed by atoms with van der Waals surface area (Å²) < 4.78 is 20.6. The third-order valence-corrected chi connectivity index (χ3v) is 7.77. The van der Waals surface area contributed by atoms with E-state index in [-0.39, 0.29) is 24.1 Å². The number of thiophene rings is 1. The van der Waals surface area contributed by atoms with Crippen LogP contribution in [0.3, 0.4) is 0 Å². The largest absolute Gasteiger partial charge is 0.486 e. The summed E-state index contributed by atoms with van der Waals surface area (Å²) in [5.41, 5.74) is 7.06. The number of hydrogen-bond acceptors (Lipinski definition) is 7. The van der Waals surface area contributed by atoms with Gasteiger partial charge in [-0.3, -0.25) is 9.59 Å². The highest BCUT2D eigenvalue weighted by molar-refractivity contribution is 7.99. The van der Waals surface area contributed by atoms with Gasteiger partial charge in [-0.1, -0.05) is 18.7 Å². The molecule has 1 atom stereocenters. The summed E-state index contributed by atoms with van der Waals surface area (Å²) in [6.45, 7) is 4.90. The fourth-order valence-corrected chi connectivity index (χ4v) is 6.17. The van der Waals surface area contributed by atoms with E-state index in [1.54, 1.807) is 12.1 Å². The van der Waals surface area contributed by atoms with Crippen LogP contribution in [0.15, 0.2) is 29.4 Å². The van der Waals surface area contributed by atoms with E-state index in [1.807, 2.05) is 11.5 Å². The van der Waals surface area contributed by atoms with Crippen molar-refractivity contribution in [2.45, 2.75) is 51.4 Å². The van der Waals surface area contributed by atoms with Gasteiger partial charge in [-0.25, -0.2) is 4.39 Å². The number of aromatic nitrogens is 3. The van der Waals surface area contributed by atoms with Gasteiger partial charge in [-0.15, -0.1) is 21.5 Å². The van der Waals surface area contributed by atoms with Crippen LogP contribution >= 0.6 is 23.1 Å². The number of nitrogens with two attached hydrogens (primary N) is 1. The Morgan fingerprint density at radius 3 is 2.79 bits per heavy atom. The van der Waals surface area contributed by atoms with Crippen molar-refractivity contribution in [1.29, 1.82) is 0 Å². The predicted molar refractivity (Wildman–Crippen MR) is 130 cm³/mol. The van der Waals surface area contributed by atoms with Crippen LogP contribution in [0.4, 0.5) is 9.39 Å². The Hall–Kier alpha value is -2.92. The van der Waals surface area contributed by atoms with Gasteiger partial charge in [0.15, 0.2) is 11.0 Å². The van der Waals surface area contributed by atoms with E-state index in [2.05, 4.69) is 22.4 Å². The Labute approximate surface area is 205 Å². The molecule has 34 heavy (non-hydrogen) atoms. The molecule has 0 spiro atoms. The highest BCUT2D eigenvalue weighted by atomic mass is 32.2. The van der Waals surface area contributed by atoms with E-state index in [1.165, 1.54) is 35.2 Å². The van der Waals surface area contributed by atoms with Crippen LogP contribution in [0.2, 0.25) is 0 Å². The van der Waals surface area contributed by atoms with Gasteiger partial charge in [0.25, 0.3) is 5.91 Å². The second-order valence-electron chi connectivity index (χ2n) is 8.14. The minimum Gasteiger partial charge on any atom is -0.486 e. The number of thioether (sulfide) groups is 1. The molecule has 0 fully saturated rings. The Morgan fingerprint density at radius 1 is 1.32 bits per heavy atom. The lowest BCUT2D eigenvalue weighted by molar-refractivity contribution is -0.113. The van der Waals surface area contributed by atoms with Gasteiger partial charge in [0.2, 0.25) is 5.91 Å². The van der Waals surface area contributed by atoms with Crippen molar-refractivity contribution in [3.05, 3.63) is 51.9 Å². The van der Waals surface area contributed by atoms with Gasteiger partial charge in [0.05, 0.1) is 11.3 Å². The van der Waals surface area contributed by atoms with Crippen LogP contribution in [-0.2, 0) is 30.8 Å². The van der Waals surface area contributed by atoms with Crippen LogP contribution in [0.1, 0.15) is 46.9 Å². The maximum Gasteiger partial charge on any atom is 0.251 e. The van der Waals surface area contributed by atoms with Crippen molar-refractivity contribution in [3.63, 3.8) is 0 Å². The lowest BCUT2D eigenvalue weighted by Gasteiger charge is -2.18. The first-order valence-electron chi connectivity index (χ1n) is 11.0. The fraction of sp³-hybridized carbons (Fsp3) is 0.391. The number of anilines is 1. The molecule has 2 heterocycles. The number of carbonyl (C=O) groups excluding carboxylic acids is 2. The van der Waals surface area contributed by atoms with E-state index in [4.69, 9.17) is 10.5 Å². The summed E-state index contributed by atoms with van der Waals surface area (Å²) in [4.78, 5) is 25.9. The molecule has 1 aliphatic rings. The molecule has 0 saturated carbocycles. The molecular formula is C23H26FN5O3S2. The Kier molecular flexibility index (Phi) is 7.52. The zero-order valence-electron chi connectivity index (χ0n) is 19.0. The first-order valence-corrected chi connectivity index (χ1v) is 12.8. The van der Waals surface area contributed by atoms with Crippen molar-refractivity contribution >= 4 is 39.9 Å². The quantitative estimate of drug-likeness (QED) is 0.427.